The van der Waals surface area contributed by atoms with Crippen molar-refractivity contribution in [1.82, 2.24) is 0 Å². The molecule has 0 radical (unpaired) electrons. The lowest BCUT2D eigenvalue weighted by molar-refractivity contribution is 0.0806. The molecule has 1 aromatic carbocycles. The summed E-state index contributed by atoms with van der Waals surface area (Å²) >= 11 is 5.89. The van der Waals surface area contributed by atoms with E-state index in [9.17, 15) is 0 Å². The van der Waals surface area contributed by atoms with Gasteiger partial charge in [0, 0.05) is 17.6 Å². The van der Waals surface area contributed by atoms with Crippen molar-refractivity contribution in [2.45, 2.75) is 6.92 Å². The Bertz CT molecular complexity index is 425. The van der Waals surface area contributed by atoms with Gasteiger partial charge in [0.25, 0.3) is 0 Å². The molecule has 0 aliphatic heterocycles. The van der Waals surface area contributed by atoms with Crippen molar-refractivity contribution in [1.29, 1.82) is 5.26 Å². The average Bonchev–Trinajstić information content (AvgIpc) is 2.36. The molecule has 4 nitrogen and oxygen atoms in total. The molecule has 1 aromatic rings. The summed E-state index contributed by atoms with van der Waals surface area (Å²) in [5.74, 6) is 0. The van der Waals surface area contributed by atoms with E-state index >= 15 is 0 Å². The molecule has 92 valence electrons. The molecule has 0 saturated carbocycles. The Balaban J connectivity index is 2.71. The van der Waals surface area contributed by atoms with Crippen molar-refractivity contribution in [3.05, 3.63) is 28.8 Å². The summed E-state index contributed by atoms with van der Waals surface area (Å²) in [5, 5.41) is 30.4. The number of rotatable bonds is 5. The minimum Gasteiger partial charge on any atom is -0.396 e. The van der Waals surface area contributed by atoms with Crippen molar-refractivity contribution >= 4 is 17.3 Å². The van der Waals surface area contributed by atoms with E-state index in [1.54, 1.807) is 25.1 Å². The first-order valence-electron chi connectivity index (χ1n) is 5.20. The second-order valence-electron chi connectivity index (χ2n) is 4.29. The molecule has 0 atom stereocenters. The van der Waals surface area contributed by atoms with Gasteiger partial charge in [0.2, 0.25) is 0 Å². The maximum Gasteiger partial charge on any atom is 0.101 e. The van der Waals surface area contributed by atoms with E-state index in [1.165, 1.54) is 0 Å². The number of benzene rings is 1. The predicted octanol–water partition coefficient (Wildman–Crippen LogP) is 1.61. The largest absolute Gasteiger partial charge is 0.396 e. The first kappa shape index (κ1) is 13.8. The van der Waals surface area contributed by atoms with Crippen LogP contribution in [0, 0.1) is 16.7 Å². The summed E-state index contributed by atoms with van der Waals surface area (Å²) in [6.07, 6.45) is 0. The zero-order valence-corrected chi connectivity index (χ0v) is 10.3. The number of aliphatic hydroxyl groups excluding tert-OH is 2. The SMILES string of the molecule is CC(CO)(CO)CNc1ccc(C#N)c(Cl)c1. The number of nitriles is 1. The predicted molar refractivity (Wildman–Crippen MR) is 66.9 cm³/mol. The van der Waals surface area contributed by atoms with Gasteiger partial charge in [-0.2, -0.15) is 5.26 Å². The summed E-state index contributed by atoms with van der Waals surface area (Å²) in [6, 6.07) is 6.99. The van der Waals surface area contributed by atoms with Gasteiger partial charge >= 0.3 is 0 Å². The summed E-state index contributed by atoms with van der Waals surface area (Å²) < 4.78 is 0. The van der Waals surface area contributed by atoms with Crippen LogP contribution in [0.2, 0.25) is 5.02 Å². The zero-order chi connectivity index (χ0) is 12.9. The zero-order valence-electron chi connectivity index (χ0n) is 9.57. The van der Waals surface area contributed by atoms with Crippen LogP contribution in [0.5, 0.6) is 0 Å². The summed E-state index contributed by atoms with van der Waals surface area (Å²) in [6.45, 7) is 1.97. The summed E-state index contributed by atoms with van der Waals surface area (Å²) in [4.78, 5) is 0. The third kappa shape index (κ3) is 3.60. The van der Waals surface area contributed by atoms with Gasteiger partial charge in [-0.1, -0.05) is 18.5 Å². The van der Waals surface area contributed by atoms with Crippen LogP contribution in [0.1, 0.15) is 12.5 Å². The van der Waals surface area contributed by atoms with Gasteiger partial charge in [-0.05, 0) is 18.2 Å². The molecule has 17 heavy (non-hydrogen) atoms. The van der Waals surface area contributed by atoms with Crippen LogP contribution in [0.25, 0.3) is 0 Å². The highest BCUT2D eigenvalue weighted by Crippen LogP contribution is 2.22. The lowest BCUT2D eigenvalue weighted by atomic mass is 9.93. The van der Waals surface area contributed by atoms with E-state index in [0.29, 0.717) is 17.1 Å². The Kier molecular flexibility index (Phi) is 4.76. The maximum atomic E-state index is 9.13. The highest BCUT2D eigenvalue weighted by Gasteiger charge is 2.21. The van der Waals surface area contributed by atoms with Crippen molar-refractivity contribution in [2.24, 2.45) is 5.41 Å². The number of halogens is 1. The van der Waals surface area contributed by atoms with Crippen molar-refractivity contribution in [3.63, 3.8) is 0 Å². The topological polar surface area (TPSA) is 76.3 Å². The summed E-state index contributed by atoms with van der Waals surface area (Å²) in [7, 11) is 0. The van der Waals surface area contributed by atoms with E-state index in [2.05, 4.69) is 5.32 Å². The van der Waals surface area contributed by atoms with Gasteiger partial charge in [-0.25, -0.2) is 0 Å². The second kappa shape index (κ2) is 5.87. The molecule has 0 bridgehead atoms. The van der Waals surface area contributed by atoms with Crippen LogP contribution in [0.15, 0.2) is 18.2 Å². The first-order chi connectivity index (χ1) is 8.04. The van der Waals surface area contributed by atoms with E-state index in [-0.39, 0.29) is 13.2 Å². The molecule has 0 heterocycles. The lowest BCUT2D eigenvalue weighted by Gasteiger charge is -2.25. The van der Waals surface area contributed by atoms with Gasteiger partial charge in [0.15, 0.2) is 0 Å². The molecule has 1 rings (SSSR count). The standard InChI is InChI=1S/C12H15ClN2O2/c1-12(7-16,8-17)6-15-10-3-2-9(5-14)11(13)4-10/h2-4,15-17H,6-8H2,1H3. The maximum absolute atomic E-state index is 9.13. The highest BCUT2D eigenvalue weighted by molar-refractivity contribution is 6.32. The molecular formula is C12H15ClN2O2. The van der Waals surface area contributed by atoms with E-state index in [4.69, 9.17) is 27.1 Å². The number of anilines is 1. The van der Waals surface area contributed by atoms with E-state index in [0.717, 1.165) is 5.69 Å². The molecule has 0 fully saturated rings. The van der Waals surface area contributed by atoms with Crippen LogP contribution in [-0.2, 0) is 0 Å². The number of hydrogen-bond donors (Lipinski definition) is 3. The van der Waals surface area contributed by atoms with Crippen LogP contribution < -0.4 is 5.32 Å². The lowest BCUT2D eigenvalue weighted by Crippen LogP contribution is -2.34. The molecule has 0 unspecified atom stereocenters. The van der Waals surface area contributed by atoms with Crippen LogP contribution in [-0.4, -0.2) is 30.0 Å². The smallest absolute Gasteiger partial charge is 0.101 e. The van der Waals surface area contributed by atoms with Crippen LogP contribution in [0.4, 0.5) is 5.69 Å². The number of hydrogen-bond acceptors (Lipinski definition) is 4. The molecular weight excluding hydrogens is 240 g/mol. The Morgan fingerprint density at radius 3 is 2.53 bits per heavy atom. The fraction of sp³-hybridized carbons (Fsp3) is 0.417. The average molecular weight is 255 g/mol. The monoisotopic (exact) mass is 254 g/mol. The molecule has 0 aromatic heterocycles. The van der Waals surface area contributed by atoms with E-state index < -0.39 is 5.41 Å². The Morgan fingerprint density at radius 1 is 1.41 bits per heavy atom. The van der Waals surface area contributed by atoms with Crippen LogP contribution in [0.3, 0.4) is 0 Å². The molecule has 0 spiro atoms. The molecule has 5 heteroatoms. The number of aliphatic hydroxyl groups is 2. The molecule has 0 amide bonds. The molecule has 0 aliphatic rings. The number of nitrogens with zero attached hydrogens (tertiary/aromatic N) is 1. The van der Waals surface area contributed by atoms with Gasteiger partial charge in [0.05, 0.1) is 23.8 Å². The van der Waals surface area contributed by atoms with E-state index in [1.807, 2.05) is 6.07 Å². The van der Waals surface area contributed by atoms with Gasteiger partial charge < -0.3 is 15.5 Å². The third-order valence-electron chi connectivity index (χ3n) is 2.57. The number of nitrogens with one attached hydrogen (secondary N) is 1. The van der Waals surface area contributed by atoms with Crippen molar-refractivity contribution in [3.8, 4) is 6.07 Å². The second-order valence-corrected chi connectivity index (χ2v) is 4.69. The quantitative estimate of drug-likeness (QED) is 0.746. The summed E-state index contributed by atoms with van der Waals surface area (Å²) in [5.41, 5.74) is 0.590. The van der Waals surface area contributed by atoms with Crippen molar-refractivity contribution < 1.29 is 10.2 Å². The minimum absolute atomic E-state index is 0.111. The minimum atomic E-state index is -0.583. The van der Waals surface area contributed by atoms with Crippen molar-refractivity contribution in [2.75, 3.05) is 25.1 Å². The normalized spacial score (nSPS) is 11.0. The fourth-order valence-electron chi connectivity index (χ4n) is 1.19. The van der Waals surface area contributed by atoms with Gasteiger partial charge in [-0.3, -0.25) is 0 Å². The molecule has 3 N–H and O–H groups in total. The Morgan fingerprint density at radius 2 is 2.06 bits per heavy atom. The Labute approximate surface area is 105 Å². The van der Waals surface area contributed by atoms with Crippen LogP contribution >= 0.6 is 11.6 Å². The van der Waals surface area contributed by atoms with Gasteiger partial charge in [0.1, 0.15) is 6.07 Å². The Hall–Kier alpha value is -1.28. The third-order valence-corrected chi connectivity index (χ3v) is 2.88. The first-order valence-corrected chi connectivity index (χ1v) is 5.58. The van der Waals surface area contributed by atoms with Gasteiger partial charge in [-0.15, -0.1) is 0 Å². The fourth-order valence-corrected chi connectivity index (χ4v) is 1.42. The highest BCUT2D eigenvalue weighted by atomic mass is 35.5. The molecule has 0 aliphatic carbocycles. The molecule has 0 saturated heterocycles.